The highest BCUT2D eigenvalue weighted by molar-refractivity contribution is 6.06. The number of nitrogens with one attached hydrogen (secondary N) is 2. The van der Waals surface area contributed by atoms with Gasteiger partial charge in [0, 0.05) is 17.4 Å². The summed E-state index contributed by atoms with van der Waals surface area (Å²) in [5, 5.41) is 18.4. The van der Waals surface area contributed by atoms with Crippen molar-refractivity contribution >= 4 is 34.1 Å². The molecule has 4 rings (SSSR count). The molecule has 0 saturated heterocycles. The summed E-state index contributed by atoms with van der Waals surface area (Å²) in [6, 6.07) is 17.5. The van der Waals surface area contributed by atoms with Gasteiger partial charge in [-0.3, -0.25) is 4.79 Å². The Morgan fingerprint density at radius 3 is 2.31 bits per heavy atom. The van der Waals surface area contributed by atoms with Crippen LogP contribution < -0.4 is 15.4 Å². The molecule has 2 N–H and O–H groups in total. The Bertz CT molecular complexity index is 1200. The van der Waals surface area contributed by atoms with E-state index in [9.17, 15) is 18.8 Å². The number of anilines is 3. The number of aromatic nitrogens is 2. The number of hydrogen-bond donors (Lipinski definition) is 2. The van der Waals surface area contributed by atoms with Crippen molar-refractivity contribution < 1.29 is 18.3 Å². The average molecular weight is 392 g/mol. The van der Waals surface area contributed by atoms with Crippen LogP contribution in [-0.2, 0) is 0 Å². The molecule has 0 radical (unpaired) electrons. The number of fused-ring (bicyclic) bond motifs is 1. The lowest BCUT2D eigenvalue weighted by atomic mass is 10.2. The largest absolute Gasteiger partial charge is 0.618 e. The van der Waals surface area contributed by atoms with Crippen molar-refractivity contribution in [2.45, 2.75) is 0 Å². The van der Waals surface area contributed by atoms with E-state index in [1.54, 1.807) is 24.3 Å². The van der Waals surface area contributed by atoms with Crippen LogP contribution in [0.1, 0.15) is 10.5 Å². The smallest absolute Gasteiger partial charge is 0.325 e. The summed E-state index contributed by atoms with van der Waals surface area (Å²) < 4.78 is 27.1. The number of halogens is 2. The topological polar surface area (TPSA) is 81.0 Å². The lowest BCUT2D eigenvalue weighted by molar-refractivity contribution is -0.578. The van der Waals surface area contributed by atoms with Gasteiger partial charge in [-0.2, -0.15) is 4.73 Å². The highest BCUT2D eigenvalue weighted by Crippen LogP contribution is 2.21. The second kappa shape index (κ2) is 7.51. The number of hydrogen-bond acceptors (Lipinski definition) is 4. The van der Waals surface area contributed by atoms with Crippen LogP contribution in [0.3, 0.4) is 0 Å². The molecule has 0 aliphatic rings. The first kappa shape index (κ1) is 18.3. The van der Waals surface area contributed by atoms with Crippen LogP contribution in [0.2, 0.25) is 0 Å². The normalized spacial score (nSPS) is 10.7. The van der Waals surface area contributed by atoms with E-state index in [-0.39, 0.29) is 22.5 Å². The minimum Gasteiger partial charge on any atom is -0.618 e. The van der Waals surface area contributed by atoms with E-state index in [2.05, 4.69) is 15.6 Å². The molecule has 3 aromatic carbocycles. The van der Waals surface area contributed by atoms with Crippen LogP contribution >= 0.6 is 0 Å². The summed E-state index contributed by atoms with van der Waals surface area (Å²) in [7, 11) is 0. The third-order valence-corrected chi connectivity index (χ3v) is 4.17. The Morgan fingerprint density at radius 2 is 1.59 bits per heavy atom. The second-order valence-electron chi connectivity index (χ2n) is 6.19. The first-order valence-corrected chi connectivity index (χ1v) is 8.63. The van der Waals surface area contributed by atoms with Gasteiger partial charge in [0.05, 0.1) is 0 Å². The monoisotopic (exact) mass is 392 g/mol. The van der Waals surface area contributed by atoms with Gasteiger partial charge in [-0.15, -0.1) is 0 Å². The van der Waals surface area contributed by atoms with Crippen LogP contribution in [0.4, 0.5) is 26.0 Å². The second-order valence-corrected chi connectivity index (χ2v) is 6.19. The molecular weight excluding hydrogens is 378 g/mol. The predicted molar refractivity (Wildman–Crippen MR) is 105 cm³/mol. The van der Waals surface area contributed by atoms with Gasteiger partial charge in [0.15, 0.2) is 0 Å². The van der Waals surface area contributed by atoms with Gasteiger partial charge in [-0.1, -0.05) is 18.2 Å². The molecule has 29 heavy (non-hydrogen) atoms. The number of nitrogens with zero attached hydrogens (tertiary/aromatic N) is 2. The standard InChI is InChI=1S/C21H14F2N4O2/c22-13-6-9-16(10-7-13)25-21(28)19-20(24-15-4-2-1-3-5-15)26-17-11-8-14(23)12-18(17)27(19)29/h1-12H,(H,24,26)(H,25,28). The molecule has 0 aliphatic heterocycles. The summed E-state index contributed by atoms with van der Waals surface area (Å²) in [6.07, 6.45) is 0. The van der Waals surface area contributed by atoms with Crippen molar-refractivity contribution in [2.75, 3.05) is 10.6 Å². The third-order valence-electron chi connectivity index (χ3n) is 4.17. The van der Waals surface area contributed by atoms with E-state index in [4.69, 9.17) is 0 Å². The zero-order chi connectivity index (χ0) is 20.4. The van der Waals surface area contributed by atoms with Crippen molar-refractivity contribution in [3.63, 3.8) is 0 Å². The zero-order valence-electron chi connectivity index (χ0n) is 14.9. The van der Waals surface area contributed by atoms with Crippen LogP contribution in [0.15, 0.2) is 72.8 Å². The molecule has 4 aromatic rings. The quantitative estimate of drug-likeness (QED) is 0.404. The van der Waals surface area contributed by atoms with Gasteiger partial charge in [-0.25, -0.2) is 13.8 Å². The van der Waals surface area contributed by atoms with Crippen LogP contribution in [0, 0.1) is 16.8 Å². The molecule has 0 saturated carbocycles. The van der Waals surface area contributed by atoms with E-state index in [1.165, 1.54) is 36.4 Å². The molecule has 6 nitrogen and oxygen atoms in total. The highest BCUT2D eigenvalue weighted by Gasteiger charge is 2.27. The van der Waals surface area contributed by atoms with Gasteiger partial charge in [0.25, 0.3) is 0 Å². The van der Waals surface area contributed by atoms with Gasteiger partial charge in [0.1, 0.15) is 17.2 Å². The molecule has 144 valence electrons. The third kappa shape index (κ3) is 3.81. The Hall–Kier alpha value is -4.07. The maximum atomic E-state index is 13.6. The summed E-state index contributed by atoms with van der Waals surface area (Å²) in [5.74, 6) is -1.86. The Morgan fingerprint density at radius 1 is 0.897 bits per heavy atom. The van der Waals surface area contributed by atoms with E-state index in [1.807, 2.05) is 6.07 Å². The zero-order valence-corrected chi connectivity index (χ0v) is 14.9. The summed E-state index contributed by atoms with van der Waals surface area (Å²) >= 11 is 0. The van der Waals surface area contributed by atoms with Crippen LogP contribution in [0.5, 0.6) is 0 Å². The number of para-hydroxylation sites is 1. The molecular formula is C21H14F2N4O2. The fourth-order valence-electron chi connectivity index (χ4n) is 2.81. The van der Waals surface area contributed by atoms with Gasteiger partial charge in [-0.05, 0) is 48.5 Å². The van der Waals surface area contributed by atoms with Gasteiger partial charge < -0.3 is 15.8 Å². The molecule has 0 spiro atoms. The maximum Gasteiger partial charge on any atom is 0.325 e. The fraction of sp³-hybridized carbons (Fsp3) is 0. The summed E-state index contributed by atoms with van der Waals surface area (Å²) in [5.41, 5.74) is 0.681. The summed E-state index contributed by atoms with van der Waals surface area (Å²) in [4.78, 5) is 17.2. The van der Waals surface area contributed by atoms with Gasteiger partial charge in [0.2, 0.25) is 11.3 Å². The van der Waals surface area contributed by atoms with E-state index >= 15 is 0 Å². The number of benzene rings is 3. The number of carbonyl (C=O) groups excluding carboxylic acids is 1. The van der Waals surface area contributed by atoms with E-state index < -0.39 is 17.5 Å². The molecule has 1 aromatic heterocycles. The molecule has 1 amide bonds. The molecule has 0 unspecified atom stereocenters. The van der Waals surface area contributed by atoms with Crippen molar-refractivity contribution in [2.24, 2.45) is 0 Å². The number of rotatable bonds is 4. The molecule has 0 fully saturated rings. The summed E-state index contributed by atoms with van der Waals surface area (Å²) in [6.45, 7) is 0. The molecule has 0 bridgehead atoms. The van der Waals surface area contributed by atoms with Crippen molar-refractivity contribution in [3.8, 4) is 0 Å². The molecule has 8 heteroatoms. The Kier molecular flexibility index (Phi) is 4.74. The number of amides is 1. The van der Waals surface area contributed by atoms with E-state index in [0.717, 1.165) is 6.07 Å². The average Bonchev–Trinajstić information content (AvgIpc) is 2.71. The SMILES string of the molecule is O=C(Nc1ccc(F)cc1)c1c(Nc2ccccc2)nc2ccc(F)cc2[n+]1[O-]. The first-order valence-electron chi connectivity index (χ1n) is 8.63. The molecule has 0 atom stereocenters. The molecule has 1 heterocycles. The molecule has 0 aliphatic carbocycles. The maximum absolute atomic E-state index is 13.6. The fourth-order valence-corrected chi connectivity index (χ4v) is 2.81. The van der Waals surface area contributed by atoms with Gasteiger partial charge >= 0.3 is 11.6 Å². The minimum atomic E-state index is -0.774. The van der Waals surface area contributed by atoms with E-state index in [0.29, 0.717) is 16.1 Å². The van der Waals surface area contributed by atoms with Crippen molar-refractivity contribution in [1.82, 2.24) is 4.98 Å². The highest BCUT2D eigenvalue weighted by atomic mass is 19.1. The Labute approximate surface area is 164 Å². The lowest BCUT2D eigenvalue weighted by Gasteiger charge is -2.13. The lowest BCUT2D eigenvalue weighted by Crippen LogP contribution is -2.39. The van der Waals surface area contributed by atoms with Crippen LogP contribution in [0.25, 0.3) is 11.0 Å². The number of carbonyl (C=O) groups is 1. The van der Waals surface area contributed by atoms with Crippen LogP contribution in [-0.4, -0.2) is 10.9 Å². The van der Waals surface area contributed by atoms with Crippen molar-refractivity contribution in [1.29, 1.82) is 0 Å². The minimum absolute atomic E-state index is 0.00456. The predicted octanol–water partition coefficient (Wildman–Crippen LogP) is 4.14. The van der Waals surface area contributed by atoms with Crippen molar-refractivity contribution in [3.05, 3.63) is 95.3 Å². The first-order chi connectivity index (χ1) is 14.0. The Balaban J connectivity index is 1.82.